The number of benzene rings is 1. The van der Waals surface area contributed by atoms with Crippen molar-refractivity contribution in [1.29, 1.82) is 0 Å². The fraction of sp³-hybridized carbons (Fsp3) is 0.333. The van der Waals surface area contributed by atoms with Crippen molar-refractivity contribution >= 4 is 17.5 Å². The van der Waals surface area contributed by atoms with Crippen LogP contribution in [-0.2, 0) is 0 Å². The van der Waals surface area contributed by atoms with E-state index >= 15 is 0 Å². The number of carbonyl (C=O) groups is 2. The van der Waals surface area contributed by atoms with Crippen molar-refractivity contribution in [3.63, 3.8) is 0 Å². The molecule has 2 N–H and O–H groups in total. The molecule has 1 aromatic rings. The van der Waals surface area contributed by atoms with Gasteiger partial charge < -0.3 is 5.73 Å². The summed E-state index contributed by atoms with van der Waals surface area (Å²) in [5.74, 6) is -0.479. The Morgan fingerprint density at radius 1 is 1.25 bits per heavy atom. The van der Waals surface area contributed by atoms with Crippen molar-refractivity contribution in [3.8, 4) is 0 Å². The molecular weight excluding hydrogens is 204 g/mol. The minimum Gasteiger partial charge on any atom is -0.398 e. The summed E-state index contributed by atoms with van der Waals surface area (Å²) in [6.45, 7) is 2.49. The lowest BCUT2D eigenvalue weighted by molar-refractivity contribution is 0.0652. The van der Waals surface area contributed by atoms with Gasteiger partial charge in [0.15, 0.2) is 0 Å². The quantitative estimate of drug-likeness (QED) is 0.620. The van der Waals surface area contributed by atoms with Crippen LogP contribution in [0.2, 0.25) is 0 Å². The van der Waals surface area contributed by atoms with E-state index in [-0.39, 0.29) is 11.8 Å². The highest BCUT2D eigenvalue weighted by molar-refractivity contribution is 6.23. The van der Waals surface area contributed by atoms with E-state index in [1.165, 1.54) is 4.90 Å². The molecule has 2 amide bonds. The monoisotopic (exact) mass is 218 g/mol. The van der Waals surface area contributed by atoms with Crippen LogP contribution in [0.4, 0.5) is 5.69 Å². The number of nitrogen functional groups attached to an aromatic ring is 1. The Hall–Kier alpha value is -1.84. The minimum absolute atomic E-state index is 0.222. The van der Waals surface area contributed by atoms with Crippen LogP contribution in [0.15, 0.2) is 18.2 Å². The number of hydrogen-bond donors (Lipinski definition) is 1. The number of unbranched alkanes of at least 4 members (excludes halogenated alkanes) is 1. The second kappa shape index (κ2) is 3.96. The zero-order chi connectivity index (χ0) is 11.7. The summed E-state index contributed by atoms with van der Waals surface area (Å²) in [4.78, 5) is 25.2. The number of nitrogens with two attached hydrogens (primary N) is 1. The number of nitrogens with zero attached hydrogens (tertiary/aromatic N) is 1. The van der Waals surface area contributed by atoms with Crippen LogP contribution in [-0.4, -0.2) is 23.3 Å². The number of anilines is 1. The number of rotatable bonds is 3. The minimum atomic E-state index is -0.258. The summed E-state index contributed by atoms with van der Waals surface area (Å²) in [6.07, 6.45) is 1.77. The highest BCUT2D eigenvalue weighted by Crippen LogP contribution is 2.27. The third-order valence-corrected chi connectivity index (χ3v) is 2.77. The van der Waals surface area contributed by atoms with Crippen molar-refractivity contribution in [2.75, 3.05) is 12.3 Å². The van der Waals surface area contributed by atoms with Crippen LogP contribution < -0.4 is 5.73 Å². The third kappa shape index (κ3) is 1.46. The molecule has 1 heterocycles. The lowest BCUT2D eigenvalue weighted by Gasteiger charge is -2.12. The van der Waals surface area contributed by atoms with Gasteiger partial charge in [-0.15, -0.1) is 0 Å². The van der Waals surface area contributed by atoms with Crippen molar-refractivity contribution in [2.24, 2.45) is 0 Å². The molecule has 0 bridgehead atoms. The van der Waals surface area contributed by atoms with Gasteiger partial charge in [0.1, 0.15) is 0 Å². The first-order valence-electron chi connectivity index (χ1n) is 5.41. The van der Waals surface area contributed by atoms with E-state index < -0.39 is 0 Å². The zero-order valence-electron chi connectivity index (χ0n) is 9.19. The first kappa shape index (κ1) is 10.7. The van der Waals surface area contributed by atoms with Crippen LogP contribution in [0.3, 0.4) is 0 Å². The van der Waals surface area contributed by atoms with Crippen molar-refractivity contribution in [1.82, 2.24) is 4.90 Å². The van der Waals surface area contributed by atoms with Crippen LogP contribution in [0.1, 0.15) is 40.5 Å². The molecule has 4 nitrogen and oxygen atoms in total. The number of imide groups is 1. The van der Waals surface area contributed by atoms with E-state index in [0.717, 1.165) is 12.8 Å². The fourth-order valence-electron chi connectivity index (χ4n) is 1.88. The average molecular weight is 218 g/mol. The summed E-state index contributed by atoms with van der Waals surface area (Å²) in [6, 6.07) is 4.99. The van der Waals surface area contributed by atoms with Gasteiger partial charge >= 0.3 is 0 Å². The second-order valence-corrected chi connectivity index (χ2v) is 3.89. The number of fused-ring (bicyclic) bond motifs is 1. The smallest absolute Gasteiger partial charge is 0.263 e. The van der Waals surface area contributed by atoms with Crippen LogP contribution in [0.5, 0.6) is 0 Å². The Bertz CT molecular complexity index is 454. The highest BCUT2D eigenvalue weighted by Gasteiger charge is 2.36. The van der Waals surface area contributed by atoms with E-state index in [9.17, 15) is 9.59 Å². The third-order valence-electron chi connectivity index (χ3n) is 2.77. The molecular formula is C12H14N2O2. The molecule has 0 unspecified atom stereocenters. The maximum atomic E-state index is 12.0. The van der Waals surface area contributed by atoms with Gasteiger partial charge in [0.05, 0.1) is 11.1 Å². The molecule has 0 radical (unpaired) electrons. The predicted octanol–water partition coefficient (Wildman–Crippen LogP) is 1.66. The molecule has 4 heteroatoms. The maximum absolute atomic E-state index is 12.0. The summed E-state index contributed by atoms with van der Waals surface area (Å²) in [5, 5.41) is 0. The van der Waals surface area contributed by atoms with E-state index in [2.05, 4.69) is 0 Å². The zero-order valence-corrected chi connectivity index (χ0v) is 9.19. The molecule has 0 spiro atoms. The number of carbonyl (C=O) groups excluding carboxylic acids is 2. The summed E-state index contributed by atoms with van der Waals surface area (Å²) >= 11 is 0. The summed E-state index contributed by atoms with van der Waals surface area (Å²) in [7, 11) is 0. The van der Waals surface area contributed by atoms with Gasteiger partial charge in [-0.3, -0.25) is 14.5 Å². The molecule has 2 rings (SSSR count). The van der Waals surface area contributed by atoms with Gasteiger partial charge in [-0.1, -0.05) is 19.4 Å². The second-order valence-electron chi connectivity index (χ2n) is 3.89. The fourth-order valence-corrected chi connectivity index (χ4v) is 1.88. The van der Waals surface area contributed by atoms with E-state index in [1.54, 1.807) is 18.2 Å². The largest absolute Gasteiger partial charge is 0.398 e. The Kier molecular flexibility index (Phi) is 2.64. The Morgan fingerprint density at radius 2 is 2.00 bits per heavy atom. The molecule has 1 aliphatic heterocycles. The van der Waals surface area contributed by atoms with Crippen molar-refractivity contribution in [3.05, 3.63) is 29.3 Å². The molecule has 0 atom stereocenters. The van der Waals surface area contributed by atoms with Crippen molar-refractivity contribution < 1.29 is 9.59 Å². The van der Waals surface area contributed by atoms with Gasteiger partial charge in [0, 0.05) is 12.2 Å². The topological polar surface area (TPSA) is 63.4 Å². The predicted molar refractivity (Wildman–Crippen MR) is 61.1 cm³/mol. The standard InChI is InChI=1S/C12H14N2O2/c1-2-3-7-14-11(15)8-5-4-6-9(13)10(8)12(14)16/h4-6H,2-3,7,13H2,1H3. The van der Waals surface area contributed by atoms with Crippen LogP contribution in [0.25, 0.3) is 0 Å². The number of amides is 2. The number of hydrogen-bond acceptors (Lipinski definition) is 3. The first-order valence-corrected chi connectivity index (χ1v) is 5.41. The molecule has 0 saturated heterocycles. The van der Waals surface area contributed by atoms with E-state index in [1.807, 2.05) is 6.92 Å². The Morgan fingerprint density at radius 3 is 2.62 bits per heavy atom. The van der Waals surface area contributed by atoms with E-state index in [0.29, 0.717) is 23.4 Å². The Labute approximate surface area is 94.0 Å². The molecule has 16 heavy (non-hydrogen) atoms. The molecule has 1 aliphatic rings. The molecule has 84 valence electrons. The molecule has 1 aromatic carbocycles. The average Bonchev–Trinajstić information content (AvgIpc) is 2.51. The first-order chi connectivity index (χ1) is 7.66. The van der Waals surface area contributed by atoms with Gasteiger partial charge in [-0.05, 0) is 18.6 Å². The van der Waals surface area contributed by atoms with Gasteiger partial charge in [-0.2, -0.15) is 0 Å². The van der Waals surface area contributed by atoms with Crippen LogP contribution in [0, 0.1) is 0 Å². The summed E-state index contributed by atoms with van der Waals surface area (Å²) in [5.41, 5.74) is 6.90. The SMILES string of the molecule is CCCCN1C(=O)c2cccc(N)c2C1=O. The highest BCUT2D eigenvalue weighted by atomic mass is 16.2. The molecule has 0 saturated carbocycles. The van der Waals surface area contributed by atoms with Gasteiger partial charge in [0.25, 0.3) is 11.8 Å². The molecule has 0 aromatic heterocycles. The normalized spacial score (nSPS) is 14.4. The van der Waals surface area contributed by atoms with Gasteiger partial charge in [-0.25, -0.2) is 0 Å². The Balaban J connectivity index is 2.37. The van der Waals surface area contributed by atoms with Gasteiger partial charge in [0.2, 0.25) is 0 Å². The molecule has 0 fully saturated rings. The lowest BCUT2D eigenvalue weighted by Crippen LogP contribution is -2.30. The molecule has 0 aliphatic carbocycles. The maximum Gasteiger partial charge on any atom is 0.263 e. The lowest BCUT2D eigenvalue weighted by atomic mass is 10.1. The van der Waals surface area contributed by atoms with E-state index in [4.69, 9.17) is 5.73 Å². The van der Waals surface area contributed by atoms with Crippen molar-refractivity contribution in [2.45, 2.75) is 19.8 Å². The van der Waals surface area contributed by atoms with Crippen LogP contribution >= 0.6 is 0 Å². The summed E-state index contributed by atoms with van der Waals surface area (Å²) < 4.78 is 0.